The molecule has 2 aromatic rings. The Morgan fingerprint density at radius 2 is 2.22 bits per heavy atom. The van der Waals surface area contributed by atoms with Crippen LogP contribution in [0, 0.1) is 12.7 Å². The lowest BCUT2D eigenvalue weighted by Crippen LogP contribution is -2.15. The molecule has 1 unspecified atom stereocenters. The van der Waals surface area contributed by atoms with Gasteiger partial charge in [-0.05, 0) is 43.0 Å². The van der Waals surface area contributed by atoms with Crippen molar-refractivity contribution >= 4 is 0 Å². The molecule has 1 aromatic carbocycles. The van der Waals surface area contributed by atoms with Crippen molar-refractivity contribution in [2.24, 2.45) is 5.73 Å². The number of benzene rings is 1. The summed E-state index contributed by atoms with van der Waals surface area (Å²) in [6.45, 7) is 1.82. The van der Waals surface area contributed by atoms with Gasteiger partial charge in [-0.3, -0.25) is 0 Å². The van der Waals surface area contributed by atoms with Crippen molar-refractivity contribution < 1.29 is 8.91 Å². The van der Waals surface area contributed by atoms with Gasteiger partial charge in [0, 0.05) is 5.92 Å². The first-order valence-corrected chi connectivity index (χ1v) is 6.00. The van der Waals surface area contributed by atoms with E-state index < -0.39 is 6.04 Å². The molecule has 1 aliphatic rings. The first kappa shape index (κ1) is 11.3. The highest BCUT2D eigenvalue weighted by Crippen LogP contribution is 2.39. The summed E-state index contributed by atoms with van der Waals surface area (Å²) >= 11 is 0. The summed E-state index contributed by atoms with van der Waals surface area (Å²) in [5.74, 6) is 1.27. The summed E-state index contributed by atoms with van der Waals surface area (Å²) in [7, 11) is 0. The molecule has 1 heterocycles. The Kier molecular flexibility index (Phi) is 2.63. The van der Waals surface area contributed by atoms with Crippen LogP contribution < -0.4 is 5.73 Å². The molecule has 1 aliphatic carbocycles. The third-order valence-electron chi connectivity index (χ3n) is 3.23. The second-order valence-corrected chi connectivity index (χ2v) is 4.74. The van der Waals surface area contributed by atoms with E-state index in [0.29, 0.717) is 17.6 Å². The van der Waals surface area contributed by atoms with Crippen LogP contribution in [0.2, 0.25) is 0 Å². The number of hydrogen-bond donors (Lipinski definition) is 1. The van der Waals surface area contributed by atoms with Gasteiger partial charge in [-0.2, -0.15) is 4.98 Å². The molecule has 5 heteroatoms. The molecule has 1 fully saturated rings. The van der Waals surface area contributed by atoms with Crippen molar-refractivity contribution in [2.75, 3.05) is 0 Å². The zero-order chi connectivity index (χ0) is 12.7. The lowest BCUT2D eigenvalue weighted by atomic mass is 10.0. The van der Waals surface area contributed by atoms with E-state index in [4.69, 9.17) is 10.3 Å². The molecule has 1 aromatic heterocycles. The molecule has 0 bridgehead atoms. The lowest BCUT2D eigenvalue weighted by Gasteiger charge is -2.10. The highest BCUT2D eigenvalue weighted by molar-refractivity contribution is 5.32. The van der Waals surface area contributed by atoms with Crippen LogP contribution in [-0.4, -0.2) is 10.1 Å². The van der Waals surface area contributed by atoms with Crippen molar-refractivity contribution in [1.82, 2.24) is 10.1 Å². The van der Waals surface area contributed by atoms with Crippen LogP contribution >= 0.6 is 0 Å². The highest BCUT2D eigenvalue weighted by atomic mass is 19.1. The van der Waals surface area contributed by atoms with E-state index in [1.807, 2.05) is 6.92 Å². The van der Waals surface area contributed by atoms with E-state index >= 15 is 0 Å². The molecule has 2 N–H and O–H groups in total. The lowest BCUT2D eigenvalue weighted by molar-refractivity contribution is 0.372. The topological polar surface area (TPSA) is 64.9 Å². The second-order valence-electron chi connectivity index (χ2n) is 4.74. The number of aromatic nitrogens is 2. The minimum absolute atomic E-state index is 0.268. The first-order chi connectivity index (χ1) is 8.65. The van der Waals surface area contributed by atoms with Gasteiger partial charge in [-0.1, -0.05) is 11.2 Å². The van der Waals surface area contributed by atoms with E-state index in [9.17, 15) is 4.39 Å². The van der Waals surface area contributed by atoms with Gasteiger partial charge in [0.2, 0.25) is 5.89 Å². The fourth-order valence-electron chi connectivity index (χ4n) is 2.00. The zero-order valence-corrected chi connectivity index (χ0v) is 10.1. The van der Waals surface area contributed by atoms with Crippen LogP contribution in [0.3, 0.4) is 0 Å². The van der Waals surface area contributed by atoms with Gasteiger partial charge < -0.3 is 10.3 Å². The first-order valence-electron chi connectivity index (χ1n) is 6.00. The summed E-state index contributed by atoms with van der Waals surface area (Å²) in [6.07, 6.45) is 2.21. The van der Waals surface area contributed by atoms with Crippen LogP contribution in [0.1, 0.15) is 47.6 Å². The molecule has 0 radical (unpaired) electrons. The third-order valence-corrected chi connectivity index (χ3v) is 3.23. The van der Waals surface area contributed by atoms with Gasteiger partial charge in [0.15, 0.2) is 5.82 Å². The Morgan fingerprint density at radius 3 is 2.89 bits per heavy atom. The normalized spacial score (nSPS) is 16.8. The van der Waals surface area contributed by atoms with E-state index in [2.05, 4.69) is 10.1 Å². The largest absolute Gasteiger partial charge is 0.339 e. The van der Waals surface area contributed by atoms with Gasteiger partial charge in [0.25, 0.3) is 0 Å². The fourth-order valence-corrected chi connectivity index (χ4v) is 2.00. The van der Waals surface area contributed by atoms with Crippen molar-refractivity contribution in [3.8, 4) is 0 Å². The maximum absolute atomic E-state index is 13.0. The van der Waals surface area contributed by atoms with Gasteiger partial charge in [-0.25, -0.2) is 4.39 Å². The van der Waals surface area contributed by atoms with Crippen LogP contribution in [0.5, 0.6) is 0 Å². The molecule has 4 nitrogen and oxygen atoms in total. The van der Waals surface area contributed by atoms with Crippen LogP contribution in [-0.2, 0) is 0 Å². The molecule has 94 valence electrons. The van der Waals surface area contributed by atoms with Crippen LogP contribution in [0.4, 0.5) is 4.39 Å². The summed E-state index contributed by atoms with van der Waals surface area (Å²) in [5, 5.41) is 3.91. The van der Waals surface area contributed by atoms with Crippen LogP contribution in [0.15, 0.2) is 22.7 Å². The van der Waals surface area contributed by atoms with E-state index in [1.165, 1.54) is 12.1 Å². The molecule has 0 spiro atoms. The summed E-state index contributed by atoms with van der Waals surface area (Å²) in [6, 6.07) is 4.05. The summed E-state index contributed by atoms with van der Waals surface area (Å²) in [5.41, 5.74) is 7.70. The maximum atomic E-state index is 13.0. The number of nitrogens with zero attached hydrogens (tertiary/aromatic N) is 2. The van der Waals surface area contributed by atoms with E-state index in [1.54, 1.807) is 6.07 Å². The van der Waals surface area contributed by atoms with Gasteiger partial charge in [0.05, 0.1) is 6.04 Å². The zero-order valence-electron chi connectivity index (χ0n) is 10.1. The smallest absolute Gasteiger partial charge is 0.229 e. The van der Waals surface area contributed by atoms with Gasteiger partial charge >= 0.3 is 0 Å². The standard InChI is InChI=1S/C13H14FN3O/c1-7-6-9(14)4-5-10(7)11(15)12-16-13(18-17-12)8-2-3-8/h4-6,8,11H,2-3,15H2,1H3. The number of nitrogens with two attached hydrogens (primary N) is 1. The van der Waals surface area contributed by atoms with Gasteiger partial charge in [-0.15, -0.1) is 0 Å². The van der Waals surface area contributed by atoms with Crippen molar-refractivity contribution in [2.45, 2.75) is 31.7 Å². The monoisotopic (exact) mass is 247 g/mol. The Labute approximate surface area is 104 Å². The number of rotatable bonds is 3. The molecular formula is C13H14FN3O. The minimum atomic E-state index is -0.471. The Balaban J connectivity index is 1.89. The molecule has 0 saturated heterocycles. The SMILES string of the molecule is Cc1cc(F)ccc1C(N)c1noc(C2CC2)n1. The highest BCUT2D eigenvalue weighted by Gasteiger charge is 2.30. The maximum Gasteiger partial charge on any atom is 0.229 e. The van der Waals surface area contributed by atoms with Crippen molar-refractivity contribution in [3.63, 3.8) is 0 Å². The van der Waals surface area contributed by atoms with Gasteiger partial charge in [0.1, 0.15) is 5.82 Å². The Bertz CT molecular complexity index is 577. The predicted octanol–water partition coefficient (Wildman–Crippen LogP) is 2.44. The Morgan fingerprint density at radius 1 is 1.44 bits per heavy atom. The average molecular weight is 247 g/mol. The summed E-state index contributed by atoms with van der Waals surface area (Å²) < 4.78 is 18.2. The summed E-state index contributed by atoms with van der Waals surface area (Å²) in [4.78, 5) is 4.32. The number of halogens is 1. The molecule has 3 rings (SSSR count). The molecular weight excluding hydrogens is 233 g/mol. The third kappa shape index (κ3) is 2.01. The molecule has 1 saturated carbocycles. The Hall–Kier alpha value is -1.75. The molecule has 0 aliphatic heterocycles. The molecule has 18 heavy (non-hydrogen) atoms. The number of aryl methyl sites for hydroxylation is 1. The quantitative estimate of drug-likeness (QED) is 0.904. The second kappa shape index (κ2) is 4.17. The van der Waals surface area contributed by atoms with E-state index in [0.717, 1.165) is 24.0 Å². The molecule has 1 atom stereocenters. The van der Waals surface area contributed by atoms with Crippen molar-refractivity contribution in [1.29, 1.82) is 0 Å². The van der Waals surface area contributed by atoms with E-state index in [-0.39, 0.29) is 5.82 Å². The van der Waals surface area contributed by atoms with Crippen molar-refractivity contribution in [3.05, 3.63) is 46.9 Å². The number of hydrogen-bond acceptors (Lipinski definition) is 4. The average Bonchev–Trinajstić information content (AvgIpc) is 3.06. The molecule has 0 amide bonds. The fraction of sp³-hybridized carbons (Fsp3) is 0.385. The minimum Gasteiger partial charge on any atom is -0.339 e. The predicted molar refractivity (Wildman–Crippen MR) is 63.4 cm³/mol. The van der Waals surface area contributed by atoms with Crippen LogP contribution in [0.25, 0.3) is 0 Å².